The summed E-state index contributed by atoms with van der Waals surface area (Å²) in [5, 5.41) is 11.1. The molecule has 1 aromatic carbocycles. The molecule has 6 heteroatoms. The van der Waals surface area contributed by atoms with Crippen molar-refractivity contribution in [2.45, 2.75) is 45.1 Å². The fourth-order valence-electron chi connectivity index (χ4n) is 3.29. The summed E-state index contributed by atoms with van der Waals surface area (Å²) >= 11 is 0. The van der Waals surface area contributed by atoms with Crippen LogP contribution in [0.1, 0.15) is 48.0 Å². The highest BCUT2D eigenvalue weighted by Gasteiger charge is 2.19. The number of hydrogen-bond donors (Lipinski definition) is 0. The molecular formula is C19H21N3O3. The normalized spacial score (nSPS) is 16.0. The van der Waals surface area contributed by atoms with E-state index in [1.165, 1.54) is 29.9 Å². The van der Waals surface area contributed by atoms with Crippen molar-refractivity contribution in [3.05, 3.63) is 69.3 Å². The molecule has 0 aliphatic heterocycles. The van der Waals surface area contributed by atoms with Crippen LogP contribution in [0.4, 0.5) is 5.69 Å². The summed E-state index contributed by atoms with van der Waals surface area (Å²) < 4.78 is 1.49. The first kappa shape index (κ1) is 17.1. The summed E-state index contributed by atoms with van der Waals surface area (Å²) in [4.78, 5) is 28.4. The highest BCUT2D eigenvalue weighted by Crippen LogP contribution is 2.22. The van der Waals surface area contributed by atoms with Crippen molar-refractivity contribution in [3.63, 3.8) is 0 Å². The molecule has 25 heavy (non-hydrogen) atoms. The molecule has 0 radical (unpaired) electrons. The first-order valence-electron chi connectivity index (χ1n) is 8.58. The van der Waals surface area contributed by atoms with Crippen molar-refractivity contribution in [2.24, 2.45) is 4.99 Å². The lowest BCUT2D eigenvalue weighted by Crippen LogP contribution is -2.29. The van der Waals surface area contributed by atoms with Crippen molar-refractivity contribution in [3.8, 4) is 0 Å². The fourth-order valence-corrected chi connectivity index (χ4v) is 3.29. The first-order chi connectivity index (χ1) is 12.1. The maximum absolute atomic E-state index is 13.0. The predicted octanol–water partition coefficient (Wildman–Crippen LogP) is 3.63. The van der Waals surface area contributed by atoms with Gasteiger partial charge in [-0.3, -0.25) is 24.5 Å². The van der Waals surface area contributed by atoms with Crippen molar-refractivity contribution in [2.75, 3.05) is 0 Å². The molecule has 0 atom stereocenters. The molecule has 1 aliphatic carbocycles. The molecule has 0 N–H and O–H groups in total. The largest absolute Gasteiger partial charge is 0.273 e. The van der Waals surface area contributed by atoms with Gasteiger partial charge in [-0.15, -0.1) is 0 Å². The average molecular weight is 339 g/mol. The summed E-state index contributed by atoms with van der Waals surface area (Å²) in [6.45, 7) is 1.60. The summed E-state index contributed by atoms with van der Waals surface area (Å²) in [7, 11) is 0. The number of carbonyl (C=O) groups excluding carboxylic acids is 1. The van der Waals surface area contributed by atoms with Crippen LogP contribution in [0.25, 0.3) is 0 Å². The quantitative estimate of drug-likeness (QED) is 0.633. The molecule has 1 saturated carbocycles. The fraction of sp³-hybridized carbons (Fsp3) is 0.368. The van der Waals surface area contributed by atoms with Crippen LogP contribution in [0.5, 0.6) is 0 Å². The number of pyridine rings is 1. The Bertz CT molecular complexity index is 864. The van der Waals surface area contributed by atoms with Crippen molar-refractivity contribution >= 4 is 11.6 Å². The van der Waals surface area contributed by atoms with E-state index in [4.69, 9.17) is 4.99 Å². The Balaban J connectivity index is 2.03. The number of carbonyl (C=O) groups is 1. The highest BCUT2D eigenvalue weighted by molar-refractivity contribution is 5.98. The maximum atomic E-state index is 13.0. The molecule has 1 aromatic heterocycles. The molecule has 1 heterocycles. The molecule has 0 saturated heterocycles. The standard InChI is InChI=1S/C19H21N3O3/c1-14-16(10-7-11-17(14)22(24)25)19(23)21-13-6-5-12-18(21)20-15-8-3-2-4-9-15/h5-7,10-13,15H,2-4,8-9H2,1H3. The van der Waals surface area contributed by atoms with Crippen molar-refractivity contribution in [1.29, 1.82) is 0 Å². The summed E-state index contributed by atoms with van der Waals surface area (Å²) in [5.41, 5.74) is 1.25. The lowest BCUT2D eigenvalue weighted by molar-refractivity contribution is -0.385. The number of aromatic nitrogens is 1. The first-order valence-corrected chi connectivity index (χ1v) is 8.58. The SMILES string of the molecule is Cc1c(C(=O)n2ccccc2=NC2CCCCC2)cccc1[N+](=O)[O-]. The van der Waals surface area contributed by atoms with Gasteiger partial charge in [0, 0.05) is 17.8 Å². The molecule has 2 aromatic rings. The summed E-state index contributed by atoms with van der Waals surface area (Å²) in [6.07, 6.45) is 7.32. The van der Waals surface area contributed by atoms with E-state index in [-0.39, 0.29) is 17.6 Å². The van der Waals surface area contributed by atoms with E-state index in [0.717, 1.165) is 12.8 Å². The Morgan fingerprint density at radius 3 is 2.64 bits per heavy atom. The minimum absolute atomic E-state index is 0.0480. The van der Waals surface area contributed by atoms with Gasteiger partial charge >= 0.3 is 0 Å². The average Bonchev–Trinajstić information content (AvgIpc) is 2.62. The molecule has 0 unspecified atom stereocenters. The smallest absolute Gasteiger partial charge is 0.268 e. The van der Waals surface area contributed by atoms with E-state index in [0.29, 0.717) is 16.6 Å². The Kier molecular flexibility index (Phi) is 5.07. The molecule has 3 rings (SSSR count). The van der Waals surface area contributed by atoms with E-state index in [1.54, 1.807) is 31.3 Å². The molecule has 0 amide bonds. The zero-order valence-electron chi connectivity index (χ0n) is 14.2. The molecule has 1 aliphatic rings. The lowest BCUT2D eigenvalue weighted by Gasteiger charge is -2.18. The second-order valence-corrected chi connectivity index (χ2v) is 6.36. The Morgan fingerprint density at radius 1 is 1.16 bits per heavy atom. The molecule has 0 bridgehead atoms. The zero-order chi connectivity index (χ0) is 17.8. The van der Waals surface area contributed by atoms with Gasteiger partial charge in [-0.1, -0.05) is 31.4 Å². The summed E-state index contributed by atoms with van der Waals surface area (Å²) in [6, 6.07) is 10.3. The van der Waals surface area contributed by atoms with Gasteiger partial charge in [-0.05, 0) is 38.0 Å². The van der Waals surface area contributed by atoms with Gasteiger partial charge in [0.15, 0.2) is 0 Å². The van der Waals surface area contributed by atoms with E-state index in [9.17, 15) is 14.9 Å². The number of rotatable bonds is 3. The van der Waals surface area contributed by atoms with Crippen LogP contribution in [-0.4, -0.2) is 21.4 Å². The Labute approximate surface area is 146 Å². The molecule has 0 spiro atoms. The van der Waals surface area contributed by atoms with Gasteiger partial charge in [0.25, 0.3) is 11.6 Å². The molecule has 1 fully saturated rings. The van der Waals surface area contributed by atoms with E-state index in [1.807, 2.05) is 12.1 Å². The van der Waals surface area contributed by atoms with Crippen LogP contribution >= 0.6 is 0 Å². The van der Waals surface area contributed by atoms with Crippen LogP contribution in [0, 0.1) is 17.0 Å². The second kappa shape index (κ2) is 7.42. The van der Waals surface area contributed by atoms with E-state index >= 15 is 0 Å². The van der Waals surface area contributed by atoms with Gasteiger partial charge in [-0.25, -0.2) is 0 Å². The number of nitrogens with zero attached hydrogens (tertiary/aromatic N) is 3. The van der Waals surface area contributed by atoms with Crippen LogP contribution in [0.3, 0.4) is 0 Å². The van der Waals surface area contributed by atoms with Gasteiger partial charge in [0.05, 0.1) is 16.5 Å². The second-order valence-electron chi connectivity index (χ2n) is 6.36. The topological polar surface area (TPSA) is 77.5 Å². The van der Waals surface area contributed by atoms with Gasteiger partial charge < -0.3 is 0 Å². The minimum atomic E-state index is -0.463. The third kappa shape index (κ3) is 3.68. The summed E-state index contributed by atoms with van der Waals surface area (Å²) in [5.74, 6) is -0.295. The minimum Gasteiger partial charge on any atom is -0.268 e. The van der Waals surface area contributed by atoms with Crippen LogP contribution in [0.15, 0.2) is 47.6 Å². The Hall–Kier alpha value is -2.76. The van der Waals surface area contributed by atoms with Gasteiger partial charge in [0.1, 0.15) is 5.49 Å². The molecular weight excluding hydrogens is 318 g/mol. The molecule has 130 valence electrons. The third-order valence-electron chi connectivity index (χ3n) is 4.68. The van der Waals surface area contributed by atoms with Crippen LogP contribution in [-0.2, 0) is 0 Å². The van der Waals surface area contributed by atoms with Gasteiger partial charge in [-0.2, -0.15) is 0 Å². The molecule has 6 nitrogen and oxygen atoms in total. The monoisotopic (exact) mass is 339 g/mol. The third-order valence-corrected chi connectivity index (χ3v) is 4.68. The van der Waals surface area contributed by atoms with E-state index < -0.39 is 4.92 Å². The zero-order valence-corrected chi connectivity index (χ0v) is 14.2. The maximum Gasteiger partial charge on any atom is 0.273 e. The number of nitro groups is 1. The Morgan fingerprint density at radius 2 is 1.92 bits per heavy atom. The highest BCUT2D eigenvalue weighted by atomic mass is 16.6. The van der Waals surface area contributed by atoms with E-state index in [2.05, 4.69) is 0 Å². The number of nitro benzene ring substituents is 1. The number of hydrogen-bond acceptors (Lipinski definition) is 4. The van der Waals surface area contributed by atoms with Crippen molar-refractivity contribution in [1.82, 2.24) is 4.57 Å². The predicted molar refractivity (Wildman–Crippen MR) is 94.4 cm³/mol. The lowest BCUT2D eigenvalue weighted by atomic mass is 9.96. The van der Waals surface area contributed by atoms with Crippen LogP contribution in [0.2, 0.25) is 0 Å². The van der Waals surface area contributed by atoms with Crippen LogP contribution < -0.4 is 5.49 Å². The number of benzene rings is 1. The van der Waals surface area contributed by atoms with Gasteiger partial charge in [0.2, 0.25) is 0 Å². The van der Waals surface area contributed by atoms with Crippen molar-refractivity contribution < 1.29 is 9.72 Å².